The van der Waals surface area contributed by atoms with Gasteiger partial charge in [-0.3, -0.25) is 4.79 Å². The largest absolute Gasteiger partial charge is 0.352 e. The van der Waals surface area contributed by atoms with E-state index in [1.165, 1.54) is 11.8 Å². The molecule has 2 aromatic heterocycles. The third-order valence-electron chi connectivity index (χ3n) is 3.17. The summed E-state index contributed by atoms with van der Waals surface area (Å²) in [6, 6.07) is 2.34. The van der Waals surface area contributed by atoms with Crippen LogP contribution >= 0.6 is 11.8 Å². The van der Waals surface area contributed by atoms with Gasteiger partial charge < -0.3 is 5.32 Å². The van der Waals surface area contributed by atoms with Gasteiger partial charge in [0.15, 0.2) is 0 Å². The summed E-state index contributed by atoms with van der Waals surface area (Å²) >= 11 is 1.37. The monoisotopic (exact) mass is 291 g/mol. The van der Waals surface area contributed by atoms with E-state index in [0.29, 0.717) is 17.0 Å². The maximum atomic E-state index is 11.9. The van der Waals surface area contributed by atoms with Crippen LogP contribution in [-0.2, 0) is 4.79 Å². The van der Waals surface area contributed by atoms with Crippen LogP contribution in [0.1, 0.15) is 31.2 Å². The summed E-state index contributed by atoms with van der Waals surface area (Å²) in [7, 11) is 0. The lowest BCUT2D eigenvalue weighted by Gasteiger charge is -2.08. The van der Waals surface area contributed by atoms with Crippen molar-refractivity contribution in [1.29, 1.82) is 0 Å². The molecule has 0 aromatic carbocycles. The number of aromatic nitrogens is 4. The summed E-state index contributed by atoms with van der Waals surface area (Å²) in [6.07, 6.45) is 2.19. The molecule has 1 fully saturated rings. The SMILES string of the molecule is Cc1cc(C)n2nc(S[C@H](C)C(=O)NC3CC3)nc2n1. The Morgan fingerprint density at radius 3 is 2.90 bits per heavy atom. The first-order valence-electron chi connectivity index (χ1n) is 6.71. The van der Waals surface area contributed by atoms with E-state index in [1.54, 1.807) is 4.52 Å². The van der Waals surface area contributed by atoms with Crippen LogP contribution in [0.3, 0.4) is 0 Å². The maximum Gasteiger partial charge on any atom is 0.253 e. The molecule has 0 aliphatic heterocycles. The van der Waals surface area contributed by atoms with Crippen LogP contribution in [0, 0.1) is 13.8 Å². The predicted octanol–water partition coefficient (Wildman–Crippen LogP) is 1.50. The highest BCUT2D eigenvalue weighted by molar-refractivity contribution is 8.00. The molecule has 0 spiro atoms. The van der Waals surface area contributed by atoms with Crippen molar-refractivity contribution in [2.75, 3.05) is 0 Å². The Balaban J connectivity index is 1.76. The van der Waals surface area contributed by atoms with E-state index >= 15 is 0 Å². The molecule has 1 saturated carbocycles. The van der Waals surface area contributed by atoms with Crippen LogP contribution in [-0.4, -0.2) is 36.8 Å². The number of rotatable bonds is 4. The molecular weight excluding hydrogens is 274 g/mol. The second-order valence-corrected chi connectivity index (χ2v) is 6.50. The highest BCUT2D eigenvalue weighted by Crippen LogP contribution is 2.23. The molecule has 106 valence electrons. The molecule has 1 atom stereocenters. The second kappa shape index (κ2) is 5.05. The topological polar surface area (TPSA) is 72.2 Å². The Hall–Kier alpha value is -1.63. The maximum absolute atomic E-state index is 11.9. The van der Waals surface area contributed by atoms with Crippen molar-refractivity contribution in [1.82, 2.24) is 24.9 Å². The van der Waals surface area contributed by atoms with Crippen molar-refractivity contribution < 1.29 is 4.79 Å². The highest BCUT2D eigenvalue weighted by atomic mass is 32.2. The molecular formula is C13H17N5OS. The fraction of sp³-hybridized carbons (Fsp3) is 0.538. The Kier molecular flexibility index (Phi) is 3.37. The Labute approximate surface area is 121 Å². The van der Waals surface area contributed by atoms with Gasteiger partial charge in [0, 0.05) is 17.4 Å². The van der Waals surface area contributed by atoms with Gasteiger partial charge in [0.1, 0.15) is 0 Å². The van der Waals surface area contributed by atoms with Gasteiger partial charge in [-0.1, -0.05) is 11.8 Å². The number of nitrogens with one attached hydrogen (secondary N) is 1. The van der Waals surface area contributed by atoms with Crippen LogP contribution in [0.2, 0.25) is 0 Å². The van der Waals surface area contributed by atoms with Crippen molar-refractivity contribution in [2.45, 2.75) is 50.1 Å². The van der Waals surface area contributed by atoms with E-state index < -0.39 is 0 Å². The second-order valence-electron chi connectivity index (χ2n) is 5.19. The van der Waals surface area contributed by atoms with Crippen LogP contribution in [0.15, 0.2) is 11.2 Å². The fourth-order valence-electron chi connectivity index (χ4n) is 1.96. The first kappa shape index (κ1) is 13.4. The minimum absolute atomic E-state index is 0.0530. The first-order valence-corrected chi connectivity index (χ1v) is 7.59. The van der Waals surface area contributed by atoms with Gasteiger partial charge in [-0.2, -0.15) is 4.98 Å². The molecule has 3 rings (SSSR count). The summed E-state index contributed by atoms with van der Waals surface area (Å²) in [6.45, 7) is 5.77. The molecule has 1 aliphatic rings. The molecule has 20 heavy (non-hydrogen) atoms. The molecule has 0 saturated heterocycles. The van der Waals surface area contributed by atoms with E-state index in [4.69, 9.17) is 0 Å². The van der Waals surface area contributed by atoms with E-state index in [-0.39, 0.29) is 11.2 Å². The average Bonchev–Trinajstić information content (AvgIpc) is 3.08. The number of hydrogen-bond donors (Lipinski definition) is 1. The van der Waals surface area contributed by atoms with Crippen molar-refractivity contribution in [3.8, 4) is 0 Å². The molecule has 1 aliphatic carbocycles. The molecule has 0 radical (unpaired) electrons. The van der Waals surface area contributed by atoms with Gasteiger partial charge in [0.2, 0.25) is 11.1 Å². The smallest absolute Gasteiger partial charge is 0.253 e. The van der Waals surface area contributed by atoms with E-state index in [2.05, 4.69) is 20.4 Å². The normalized spacial score (nSPS) is 16.4. The predicted molar refractivity (Wildman–Crippen MR) is 76.7 cm³/mol. The third-order valence-corrected chi connectivity index (χ3v) is 4.13. The van der Waals surface area contributed by atoms with Crippen LogP contribution < -0.4 is 5.32 Å². The summed E-state index contributed by atoms with van der Waals surface area (Å²) in [5.74, 6) is 0.636. The van der Waals surface area contributed by atoms with Gasteiger partial charge in [-0.05, 0) is 39.7 Å². The number of amides is 1. The summed E-state index contributed by atoms with van der Waals surface area (Å²) in [5.41, 5.74) is 1.90. The van der Waals surface area contributed by atoms with Gasteiger partial charge in [-0.15, -0.1) is 5.10 Å². The van der Waals surface area contributed by atoms with Crippen LogP contribution in [0.5, 0.6) is 0 Å². The molecule has 0 unspecified atom stereocenters. The highest BCUT2D eigenvalue weighted by Gasteiger charge is 2.26. The fourth-order valence-corrected chi connectivity index (χ4v) is 2.71. The summed E-state index contributed by atoms with van der Waals surface area (Å²) in [4.78, 5) is 20.6. The van der Waals surface area contributed by atoms with Crippen molar-refractivity contribution in [3.63, 3.8) is 0 Å². The number of fused-ring (bicyclic) bond motifs is 1. The number of hydrogen-bond acceptors (Lipinski definition) is 5. The molecule has 2 aromatic rings. The molecule has 1 N–H and O–H groups in total. The zero-order valence-electron chi connectivity index (χ0n) is 11.8. The molecule has 7 heteroatoms. The van der Waals surface area contributed by atoms with E-state index in [9.17, 15) is 4.79 Å². The van der Waals surface area contributed by atoms with Gasteiger partial charge in [-0.25, -0.2) is 9.50 Å². The Morgan fingerprint density at radius 2 is 2.20 bits per heavy atom. The lowest BCUT2D eigenvalue weighted by molar-refractivity contribution is -0.120. The van der Waals surface area contributed by atoms with Crippen LogP contribution in [0.4, 0.5) is 0 Å². The number of thioether (sulfide) groups is 1. The lowest BCUT2D eigenvalue weighted by Crippen LogP contribution is -2.32. The number of nitrogens with zero attached hydrogens (tertiary/aromatic N) is 4. The minimum atomic E-state index is -0.200. The minimum Gasteiger partial charge on any atom is -0.352 e. The van der Waals surface area contributed by atoms with Crippen LogP contribution in [0.25, 0.3) is 5.78 Å². The Morgan fingerprint density at radius 1 is 1.45 bits per heavy atom. The van der Waals surface area contributed by atoms with Crippen molar-refractivity contribution in [3.05, 3.63) is 17.5 Å². The summed E-state index contributed by atoms with van der Waals surface area (Å²) < 4.78 is 1.71. The lowest BCUT2D eigenvalue weighted by atomic mass is 10.4. The van der Waals surface area contributed by atoms with Crippen molar-refractivity contribution in [2.24, 2.45) is 0 Å². The number of carbonyl (C=O) groups excluding carboxylic acids is 1. The van der Waals surface area contributed by atoms with E-state index in [1.807, 2.05) is 26.8 Å². The van der Waals surface area contributed by atoms with Gasteiger partial charge >= 0.3 is 0 Å². The zero-order valence-corrected chi connectivity index (χ0v) is 12.6. The zero-order chi connectivity index (χ0) is 14.3. The molecule has 6 nitrogen and oxygen atoms in total. The molecule has 0 bridgehead atoms. The third kappa shape index (κ3) is 2.77. The number of carbonyl (C=O) groups is 1. The van der Waals surface area contributed by atoms with Gasteiger partial charge in [0.05, 0.1) is 5.25 Å². The standard InChI is InChI=1S/C13H17N5OS/c1-7-6-8(2)18-12(14-7)16-13(17-18)20-9(3)11(19)15-10-4-5-10/h6,9-10H,4-5H2,1-3H3,(H,15,19)/t9-/m1/s1. The summed E-state index contributed by atoms with van der Waals surface area (Å²) in [5, 5.41) is 7.77. The number of aryl methyl sites for hydroxylation is 2. The average molecular weight is 291 g/mol. The molecule has 2 heterocycles. The van der Waals surface area contributed by atoms with Gasteiger partial charge in [0.25, 0.3) is 5.78 Å². The Bertz CT molecular complexity index is 664. The van der Waals surface area contributed by atoms with E-state index in [0.717, 1.165) is 24.2 Å². The first-order chi connectivity index (χ1) is 9.52. The quantitative estimate of drug-likeness (QED) is 0.864. The van der Waals surface area contributed by atoms with Crippen molar-refractivity contribution >= 4 is 23.4 Å². The molecule has 1 amide bonds.